The first kappa shape index (κ1) is 22.2. The van der Waals surface area contributed by atoms with E-state index in [-0.39, 0.29) is 42.3 Å². The second-order valence-electron chi connectivity index (χ2n) is 5.62. The maximum absolute atomic E-state index is 12.4. The molecule has 8 nitrogen and oxygen atoms in total. The molecule has 0 radical (unpaired) electrons. The van der Waals surface area contributed by atoms with Gasteiger partial charge in [-0.15, -0.1) is 24.0 Å². The minimum absolute atomic E-state index is 0. The van der Waals surface area contributed by atoms with Gasteiger partial charge in [-0.05, 0) is 17.7 Å². The van der Waals surface area contributed by atoms with Crippen molar-refractivity contribution in [3.8, 4) is 0 Å². The third-order valence-electron chi connectivity index (χ3n) is 3.81. The summed E-state index contributed by atoms with van der Waals surface area (Å²) in [6.45, 7) is 3.02. The highest BCUT2D eigenvalue weighted by molar-refractivity contribution is 14.0. The number of amides is 2. The van der Waals surface area contributed by atoms with Crippen LogP contribution < -0.4 is 16.0 Å². The van der Waals surface area contributed by atoms with E-state index < -0.39 is 0 Å². The minimum atomic E-state index is -0.119. The maximum atomic E-state index is 12.4. The first-order chi connectivity index (χ1) is 12.1. The fraction of sp³-hybridized carbons (Fsp3) is 0.471. The number of hydrogen-bond donors (Lipinski definition) is 3. The Balaban J connectivity index is 0.00000338. The fourth-order valence-electron chi connectivity index (χ4n) is 2.44. The van der Waals surface area contributed by atoms with Gasteiger partial charge in [-0.3, -0.25) is 14.6 Å². The number of guanidine groups is 1. The van der Waals surface area contributed by atoms with E-state index in [0.717, 1.165) is 5.56 Å². The lowest BCUT2D eigenvalue weighted by atomic mass is 10.1. The molecule has 0 spiro atoms. The molecular weight excluding hydrogens is 449 g/mol. The van der Waals surface area contributed by atoms with E-state index in [9.17, 15) is 9.59 Å². The molecule has 0 aromatic heterocycles. The van der Waals surface area contributed by atoms with Crippen LogP contribution in [0.3, 0.4) is 0 Å². The average Bonchev–Trinajstić information content (AvgIpc) is 2.64. The summed E-state index contributed by atoms with van der Waals surface area (Å²) in [5.41, 5.74) is 1.61. The van der Waals surface area contributed by atoms with Gasteiger partial charge in [0.2, 0.25) is 5.91 Å². The van der Waals surface area contributed by atoms with Crippen molar-refractivity contribution in [2.24, 2.45) is 4.99 Å². The molecule has 0 aliphatic carbocycles. The highest BCUT2D eigenvalue weighted by Crippen LogP contribution is 2.09. The number of aliphatic imine (C=N–C) groups is 1. The van der Waals surface area contributed by atoms with Crippen molar-refractivity contribution >= 4 is 41.8 Å². The Morgan fingerprint density at radius 1 is 1.31 bits per heavy atom. The van der Waals surface area contributed by atoms with Crippen LogP contribution in [-0.4, -0.2) is 69.6 Å². The Morgan fingerprint density at radius 2 is 2.04 bits per heavy atom. The standard InChI is InChI=1S/C17H25N5O3.HI/c1-18-17(20-8-10-25-2)21-11-13-3-5-14(6-4-13)16(24)22-9-7-19-15(23)12-22;/h3-6H,7-12H2,1-2H3,(H,19,23)(H2,18,20,21);1H. The first-order valence-corrected chi connectivity index (χ1v) is 8.22. The third kappa shape index (κ3) is 6.79. The summed E-state index contributed by atoms with van der Waals surface area (Å²) < 4.78 is 4.99. The van der Waals surface area contributed by atoms with Crippen molar-refractivity contribution < 1.29 is 14.3 Å². The molecule has 1 aliphatic rings. The molecule has 3 N–H and O–H groups in total. The number of halogens is 1. The Morgan fingerprint density at radius 3 is 2.65 bits per heavy atom. The van der Waals surface area contributed by atoms with E-state index in [1.54, 1.807) is 31.2 Å². The lowest BCUT2D eigenvalue weighted by Crippen LogP contribution is -2.49. The molecule has 2 rings (SSSR count). The number of nitrogens with one attached hydrogen (secondary N) is 3. The number of hydrogen-bond acceptors (Lipinski definition) is 4. The predicted octanol–water partition coefficient (Wildman–Crippen LogP) is 0.188. The summed E-state index contributed by atoms with van der Waals surface area (Å²) >= 11 is 0. The molecule has 144 valence electrons. The molecule has 9 heteroatoms. The zero-order valence-electron chi connectivity index (χ0n) is 15.1. The number of methoxy groups -OCH3 is 1. The third-order valence-corrected chi connectivity index (χ3v) is 3.81. The van der Waals surface area contributed by atoms with E-state index in [4.69, 9.17) is 4.74 Å². The van der Waals surface area contributed by atoms with Crippen LogP contribution in [0.2, 0.25) is 0 Å². The SMILES string of the molecule is CN=C(NCCOC)NCc1ccc(C(=O)N2CCNC(=O)C2)cc1.I. The summed E-state index contributed by atoms with van der Waals surface area (Å²) in [4.78, 5) is 29.5. The molecule has 0 atom stereocenters. The van der Waals surface area contributed by atoms with Crippen LogP contribution in [0, 0.1) is 0 Å². The number of ether oxygens (including phenoxy) is 1. The number of rotatable bonds is 6. The smallest absolute Gasteiger partial charge is 0.254 e. The molecule has 1 aromatic carbocycles. The number of piperazine rings is 1. The first-order valence-electron chi connectivity index (χ1n) is 8.22. The van der Waals surface area contributed by atoms with Gasteiger partial charge in [-0.1, -0.05) is 12.1 Å². The second-order valence-corrected chi connectivity index (χ2v) is 5.62. The van der Waals surface area contributed by atoms with E-state index in [1.807, 2.05) is 12.1 Å². The summed E-state index contributed by atoms with van der Waals surface area (Å²) in [5, 5.41) is 9.04. The highest BCUT2D eigenvalue weighted by Gasteiger charge is 2.21. The largest absolute Gasteiger partial charge is 0.383 e. The van der Waals surface area contributed by atoms with Crippen LogP contribution in [-0.2, 0) is 16.1 Å². The highest BCUT2D eigenvalue weighted by atomic mass is 127. The van der Waals surface area contributed by atoms with Crippen molar-refractivity contribution in [2.75, 3.05) is 46.9 Å². The lowest BCUT2D eigenvalue weighted by molar-refractivity contribution is -0.123. The summed E-state index contributed by atoms with van der Waals surface area (Å²) in [5.74, 6) is 0.454. The zero-order valence-corrected chi connectivity index (χ0v) is 17.4. The van der Waals surface area contributed by atoms with Gasteiger partial charge in [-0.25, -0.2) is 0 Å². The molecule has 26 heavy (non-hydrogen) atoms. The molecule has 2 amide bonds. The Kier molecular flexibility index (Phi) is 9.96. The van der Waals surface area contributed by atoms with Gasteiger partial charge in [0.05, 0.1) is 13.2 Å². The predicted molar refractivity (Wildman–Crippen MR) is 111 cm³/mol. The molecule has 1 aromatic rings. The van der Waals surface area contributed by atoms with Crippen molar-refractivity contribution in [2.45, 2.75) is 6.54 Å². The number of carbonyl (C=O) groups is 2. The number of carbonyl (C=O) groups excluding carboxylic acids is 2. The Bertz CT molecular complexity index is 621. The van der Waals surface area contributed by atoms with Crippen molar-refractivity contribution in [1.29, 1.82) is 0 Å². The van der Waals surface area contributed by atoms with Gasteiger partial charge in [0.25, 0.3) is 5.91 Å². The molecule has 1 aliphatic heterocycles. The van der Waals surface area contributed by atoms with Gasteiger partial charge < -0.3 is 25.6 Å². The van der Waals surface area contributed by atoms with Crippen LogP contribution >= 0.6 is 24.0 Å². The van der Waals surface area contributed by atoms with Gasteiger partial charge in [0, 0.05) is 45.9 Å². The van der Waals surface area contributed by atoms with E-state index >= 15 is 0 Å². The number of nitrogens with zero attached hydrogens (tertiary/aromatic N) is 2. The van der Waals surface area contributed by atoms with Crippen LogP contribution in [0.4, 0.5) is 0 Å². The minimum Gasteiger partial charge on any atom is -0.383 e. The zero-order chi connectivity index (χ0) is 18.1. The van der Waals surface area contributed by atoms with Gasteiger partial charge in [-0.2, -0.15) is 0 Å². The normalized spacial score (nSPS) is 14.3. The van der Waals surface area contributed by atoms with E-state index in [0.29, 0.717) is 44.3 Å². The maximum Gasteiger partial charge on any atom is 0.254 e. The van der Waals surface area contributed by atoms with Crippen LogP contribution in [0.1, 0.15) is 15.9 Å². The van der Waals surface area contributed by atoms with Crippen LogP contribution in [0.5, 0.6) is 0 Å². The molecule has 1 fully saturated rings. The van der Waals surface area contributed by atoms with Crippen molar-refractivity contribution in [3.05, 3.63) is 35.4 Å². The molecule has 0 bridgehead atoms. The number of benzene rings is 1. The molecule has 0 saturated carbocycles. The van der Waals surface area contributed by atoms with Gasteiger partial charge in [0.1, 0.15) is 0 Å². The second kappa shape index (κ2) is 11.7. The van der Waals surface area contributed by atoms with E-state index in [1.165, 1.54) is 0 Å². The van der Waals surface area contributed by atoms with Crippen LogP contribution in [0.25, 0.3) is 0 Å². The topological polar surface area (TPSA) is 95.1 Å². The quantitative estimate of drug-likeness (QED) is 0.236. The molecule has 1 heterocycles. The lowest BCUT2D eigenvalue weighted by Gasteiger charge is -2.26. The fourth-order valence-corrected chi connectivity index (χ4v) is 2.44. The monoisotopic (exact) mass is 475 g/mol. The average molecular weight is 475 g/mol. The van der Waals surface area contributed by atoms with E-state index in [2.05, 4.69) is 20.9 Å². The van der Waals surface area contributed by atoms with Crippen molar-refractivity contribution in [1.82, 2.24) is 20.9 Å². The summed E-state index contributed by atoms with van der Waals surface area (Å²) in [6, 6.07) is 7.36. The van der Waals surface area contributed by atoms with Gasteiger partial charge in [0.15, 0.2) is 5.96 Å². The summed E-state index contributed by atoms with van der Waals surface area (Å²) in [6.07, 6.45) is 0. The van der Waals surface area contributed by atoms with Crippen LogP contribution in [0.15, 0.2) is 29.3 Å². The van der Waals surface area contributed by atoms with Crippen molar-refractivity contribution in [3.63, 3.8) is 0 Å². The van der Waals surface area contributed by atoms with Gasteiger partial charge >= 0.3 is 0 Å². The molecular formula is C17H26IN5O3. The Hall–Kier alpha value is -1.88. The molecule has 1 saturated heterocycles. The molecule has 0 unspecified atom stereocenters. The Labute approximate surface area is 170 Å². The summed E-state index contributed by atoms with van der Waals surface area (Å²) in [7, 11) is 3.36.